The predicted octanol–water partition coefficient (Wildman–Crippen LogP) is 1.01. The van der Waals surface area contributed by atoms with Gasteiger partial charge in [0.25, 0.3) is 0 Å². The first-order valence-corrected chi connectivity index (χ1v) is 7.16. The fourth-order valence-corrected chi connectivity index (χ4v) is 1.87. The van der Waals surface area contributed by atoms with E-state index in [2.05, 4.69) is 15.6 Å². The van der Waals surface area contributed by atoms with Gasteiger partial charge in [0.05, 0.1) is 6.20 Å². The minimum absolute atomic E-state index is 0.291. The van der Waals surface area contributed by atoms with Crippen LogP contribution >= 0.6 is 0 Å². The number of aryl methyl sites for hydroxylation is 2. The molecule has 2 aromatic rings. The smallest absolute Gasteiger partial charge is 0.119 e. The second kappa shape index (κ2) is 8.39. The summed E-state index contributed by atoms with van der Waals surface area (Å²) in [7, 11) is 0. The van der Waals surface area contributed by atoms with E-state index in [9.17, 15) is 5.11 Å². The minimum atomic E-state index is -0.516. The molecular formula is C15H22N4O2. The van der Waals surface area contributed by atoms with E-state index in [0.717, 1.165) is 25.3 Å². The molecule has 0 saturated carbocycles. The maximum Gasteiger partial charge on any atom is 0.119 e. The summed E-state index contributed by atoms with van der Waals surface area (Å²) in [4.78, 5) is 0. The summed E-state index contributed by atoms with van der Waals surface area (Å²) in [5, 5.41) is 20.7. The monoisotopic (exact) mass is 290 g/mol. The Hall–Kier alpha value is -1.92. The first kappa shape index (κ1) is 15.5. The van der Waals surface area contributed by atoms with Crippen LogP contribution in [-0.2, 0) is 6.54 Å². The molecule has 0 amide bonds. The third kappa shape index (κ3) is 5.93. The molecule has 0 aliphatic heterocycles. The Morgan fingerprint density at radius 1 is 1.33 bits per heavy atom. The van der Waals surface area contributed by atoms with E-state index in [1.54, 1.807) is 10.9 Å². The molecule has 1 heterocycles. The van der Waals surface area contributed by atoms with Crippen LogP contribution in [0.5, 0.6) is 5.75 Å². The summed E-state index contributed by atoms with van der Waals surface area (Å²) in [6, 6.07) is 7.80. The number of aliphatic hydroxyl groups is 1. The van der Waals surface area contributed by atoms with Crippen LogP contribution in [0, 0.1) is 6.92 Å². The number of ether oxygens (including phenoxy) is 1. The molecule has 1 aromatic carbocycles. The topological polar surface area (TPSA) is 72.2 Å². The molecule has 2 rings (SSSR count). The molecule has 0 aliphatic rings. The van der Waals surface area contributed by atoms with Crippen LogP contribution in [0.15, 0.2) is 36.7 Å². The molecule has 0 fully saturated rings. The molecule has 0 bridgehead atoms. The maximum atomic E-state index is 9.83. The third-order valence-electron chi connectivity index (χ3n) is 3.06. The van der Waals surface area contributed by atoms with Gasteiger partial charge in [-0.2, -0.15) is 0 Å². The Morgan fingerprint density at radius 3 is 2.86 bits per heavy atom. The largest absolute Gasteiger partial charge is 0.491 e. The van der Waals surface area contributed by atoms with Crippen molar-refractivity contribution in [3.8, 4) is 5.75 Å². The Kier molecular flexibility index (Phi) is 6.18. The number of aliphatic hydroxyl groups excluding tert-OH is 1. The summed E-state index contributed by atoms with van der Waals surface area (Å²) in [6.45, 7) is 4.48. The van der Waals surface area contributed by atoms with Crippen LogP contribution in [0.25, 0.3) is 0 Å². The molecule has 1 unspecified atom stereocenters. The lowest BCUT2D eigenvalue weighted by Gasteiger charge is -2.13. The van der Waals surface area contributed by atoms with Crippen LogP contribution in [0.3, 0.4) is 0 Å². The molecule has 6 nitrogen and oxygen atoms in total. The maximum absolute atomic E-state index is 9.83. The first-order chi connectivity index (χ1) is 10.2. The van der Waals surface area contributed by atoms with Crippen molar-refractivity contribution in [3.63, 3.8) is 0 Å². The fourth-order valence-electron chi connectivity index (χ4n) is 1.87. The number of aromatic nitrogens is 3. The fraction of sp³-hybridized carbons (Fsp3) is 0.467. The first-order valence-electron chi connectivity index (χ1n) is 7.16. The highest BCUT2D eigenvalue weighted by Crippen LogP contribution is 2.11. The lowest BCUT2D eigenvalue weighted by Crippen LogP contribution is -2.32. The van der Waals surface area contributed by atoms with Gasteiger partial charge in [0.1, 0.15) is 18.5 Å². The highest BCUT2D eigenvalue weighted by molar-refractivity contribution is 5.26. The van der Waals surface area contributed by atoms with Crippen molar-refractivity contribution >= 4 is 0 Å². The second-order valence-electron chi connectivity index (χ2n) is 5.00. The number of benzene rings is 1. The van der Waals surface area contributed by atoms with Gasteiger partial charge in [-0.1, -0.05) is 22.9 Å². The van der Waals surface area contributed by atoms with E-state index >= 15 is 0 Å². The standard InChI is InChI=1S/C15H22N4O2/c1-13-3-5-15(6-4-13)21-12-14(20)11-16-7-2-9-19-10-8-17-18-19/h3-6,8,10,14,16,20H,2,7,9,11-12H2,1H3. The minimum Gasteiger partial charge on any atom is -0.491 e. The zero-order valence-corrected chi connectivity index (χ0v) is 12.3. The Balaban J connectivity index is 1.53. The zero-order chi connectivity index (χ0) is 14.9. The average molecular weight is 290 g/mol. The Labute approximate surface area is 124 Å². The Bertz CT molecular complexity index is 499. The van der Waals surface area contributed by atoms with Crippen molar-refractivity contribution in [3.05, 3.63) is 42.2 Å². The summed E-state index contributed by atoms with van der Waals surface area (Å²) < 4.78 is 7.32. The van der Waals surface area contributed by atoms with Gasteiger partial charge < -0.3 is 15.2 Å². The van der Waals surface area contributed by atoms with Crippen LogP contribution in [0.2, 0.25) is 0 Å². The lowest BCUT2D eigenvalue weighted by molar-refractivity contribution is 0.106. The third-order valence-corrected chi connectivity index (χ3v) is 3.06. The van der Waals surface area contributed by atoms with Gasteiger partial charge in [-0.05, 0) is 32.0 Å². The van der Waals surface area contributed by atoms with E-state index in [0.29, 0.717) is 13.2 Å². The number of hydrogen-bond acceptors (Lipinski definition) is 5. The molecule has 21 heavy (non-hydrogen) atoms. The highest BCUT2D eigenvalue weighted by atomic mass is 16.5. The van der Waals surface area contributed by atoms with Gasteiger partial charge >= 0.3 is 0 Å². The van der Waals surface area contributed by atoms with Gasteiger partial charge in [-0.15, -0.1) is 5.10 Å². The average Bonchev–Trinajstić information content (AvgIpc) is 2.99. The summed E-state index contributed by atoms with van der Waals surface area (Å²) >= 11 is 0. The molecule has 1 atom stereocenters. The van der Waals surface area contributed by atoms with Crippen LogP contribution in [0.1, 0.15) is 12.0 Å². The molecule has 0 radical (unpaired) electrons. The van der Waals surface area contributed by atoms with E-state index in [-0.39, 0.29) is 0 Å². The second-order valence-corrected chi connectivity index (χ2v) is 5.00. The SMILES string of the molecule is Cc1ccc(OCC(O)CNCCCn2ccnn2)cc1. The van der Waals surface area contributed by atoms with Crippen molar-refractivity contribution in [2.75, 3.05) is 19.7 Å². The number of hydrogen-bond donors (Lipinski definition) is 2. The molecular weight excluding hydrogens is 268 g/mol. The normalized spacial score (nSPS) is 12.3. The van der Waals surface area contributed by atoms with Gasteiger partial charge in [-0.25, -0.2) is 0 Å². The molecule has 2 N–H and O–H groups in total. The van der Waals surface area contributed by atoms with Crippen molar-refractivity contribution in [1.29, 1.82) is 0 Å². The Morgan fingerprint density at radius 2 is 2.14 bits per heavy atom. The molecule has 0 aliphatic carbocycles. The van der Waals surface area contributed by atoms with E-state index in [1.807, 2.05) is 37.4 Å². The van der Waals surface area contributed by atoms with Crippen LogP contribution < -0.4 is 10.1 Å². The molecule has 0 spiro atoms. The van der Waals surface area contributed by atoms with E-state index < -0.39 is 6.10 Å². The summed E-state index contributed by atoms with van der Waals surface area (Å²) in [5.41, 5.74) is 1.19. The van der Waals surface area contributed by atoms with Crippen molar-refractivity contribution in [2.45, 2.75) is 26.0 Å². The molecule has 6 heteroatoms. The quantitative estimate of drug-likeness (QED) is 0.674. The van der Waals surface area contributed by atoms with Crippen LogP contribution in [0.4, 0.5) is 0 Å². The zero-order valence-electron chi connectivity index (χ0n) is 12.3. The van der Waals surface area contributed by atoms with Gasteiger partial charge in [-0.3, -0.25) is 4.68 Å². The van der Waals surface area contributed by atoms with Gasteiger partial charge in [0, 0.05) is 19.3 Å². The number of nitrogens with one attached hydrogen (secondary N) is 1. The molecule has 0 saturated heterocycles. The van der Waals surface area contributed by atoms with Crippen molar-refractivity contribution in [2.24, 2.45) is 0 Å². The number of nitrogens with zero attached hydrogens (tertiary/aromatic N) is 3. The number of rotatable bonds is 9. The van der Waals surface area contributed by atoms with E-state index in [4.69, 9.17) is 4.74 Å². The van der Waals surface area contributed by atoms with Crippen molar-refractivity contribution < 1.29 is 9.84 Å². The van der Waals surface area contributed by atoms with Gasteiger partial charge in [0.15, 0.2) is 0 Å². The van der Waals surface area contributed by atoms with Gasteiger partial charge in [0.2, 0.25) is 0 Å². The summed E-state index contributed by atoms with van der Waals surface area (Å²) in [5.74, 6) is 0.783. The summed E-state index contributed by atoms with van der Waals surface area (Å²) in [6.07, 6.45) is 3.93. The molecule has 1 aromatic heterocycles. The van der Waals surface area contributed by atoms with Crippen molar-refractivity contribution in [1.82, 2.24) is 20.3 Å². The lowest BCUT2D eigenvalue weighted by atomic mass is 10.2. The van der Waals surface area contributed by atoms with E-state index in [1.165, 1.54) is 5.56 Å². The molecule has 114 valence electrons. The highest BCUT2D eigenvalue weighted by Gasteiger charge is 2.04. The predicted molar refractivity (Wildman–Crippen MR) is 80.2 cm³/mol. The van der Waals surface area contributed by atoms with Crippen LogP contribution in [-0.4, -0.2) is 45.9 Å².